The molecule has 4 heteroatoms. The zero-order valence-corrected chi connectivity index (χ0v) is 6.12. The molecular formula is C6H14O4. The minimum atomic E-state index is -0.0799. The van der Waals surface area contributed by atoms with Gasteiger partial charge in [-0.1, -0.05) is 0 Å². The number of rotatable bonds is 1. The normalized spacial score (nSPS) is 24.9. The van der Waals surface area contributed by atoms with E-state index in [0.717, 1.165) is 7.11 Å². The van der Waals surface area contributed by atoms with Crippen LogP contribution >= 0.6 is 0 Å². The highest BCUT2D eigenvalue weighted by Gasteiger charge is 2.11. The number of ether oxygens (including phenoxy) is 2. The van der Waals surface area contributed by atoms with Gasteiger partial charge in [0.15, 0.2) is 0 Å². The van der Waals surface area contributed by atoms with Crippen LogP contribution in [0.1, 0.15) is 0 Å². The molecule has 0 radical (unpaired) electrons. The van der Waals surface area contributed by atoms with Gasteiger partial charge in [0.25, 0.3) is 0 Å². The van der Waals surface area contributed by atoms with Crippen LogP contribution in [0.4, 0.5) is 0 Å². The Morgan fingerprint density at radius 3 is 2.40 bits per heavy atom. The van der Waals surface area contributed by atoms with E-state index >= 15 is 0 Å². The first-order chi connectivity index (χ1) is 4.93. The SMILES string of the molecule is CO.OCC1COCCO1. The fourth-order valence-corrected chi connectivity index (χ4v) is 0.642. The van der Waals surface area contributed by atoms with Crippen molar-refractivity contribution in [3.05, 3.63) is 0 Å². The quantitative estimate of drug-likeness (QED) is 0.503. The number of aliphatic hydroxyl groups is 2. The maximum Gasteiger partial charge on any atom is 0.104 e. The summed E-state index contributed by atoms with van der Waals surface area (Å²) in [6.45, 7) is 1.89. The molecule has 0 aromatic rings. The van der Waals surface area contributed by atoms with Gasteiger partial charge in [0.1, 0.15) is 6.10 Å². The van der Waals surface area contributed by atoms with Crippen molar-refractivity contribution < 1.29 is 19.7 Å². The molecule has 10 heavy (non-hydrogen) atoms. The average Bonchev–Trinajstić information content (AvgIpc) is 2.10. The zero-order valence-electron chi connectivity index (χ0n) is 6.12. The van der Waals surface area contributed by atoms with Crippen molar-refractivity contribution in [2.45, 2.75) is 6.10 Å². The Kier molecular flexibility index (Phi) is 6.84. The second kappa shape index (κ2) is 6.95. The van der Waals surface area contributed by atoms with E-state index in [1.54, 1.807) is 0 Å². The van der Waals surface area contributed by atoms with Gasteiger partial charge >= 0.3 is 0 Å². The minimum Gasteiger partial charge on any atom is -0.400 e. The summed E-state index contributed by atoms with van der Waals surface area (Å²) < 4.78 is 10.0. The Morgan fingerprint density at radius 2 is 2.10 bits per heavy atom. The lowest BCUT2D eigenvalue weighted by molar-refractivity contribution is -0.105. The third-order valence-electron chi connectivity index (χ3n) is 1.09. The van der Waals surface area contributed by atoms with Crippen LogP contribution in [-0.2, 0) is 9.47 Å². The smallest absolute Gasteiger partial charge is 0.104 e. The van der Waals surface area contributed by atoms with Gasteiger partial charge in [-0.25, -0.2) is 0 Å². The molecule has 0 aliphatic carbocycles. The van der Waals surface area contributed by atoms with Crippen LogP contribution in [0.3, 0.4) is 0 Å². The third kappa shape index (κ3) is 3.79. The molecular weight excluding hydrogens is 136 g/mol. The molecule has 0 bridgehead atoms. The van der Waals surface area contributed by atoms with Crippen molar-refractivity contribution in [1.29, 1.82) is 0 Å². The minimum absolute atomic E-state index is 0.0694. The van der Waals surface area contributed by atoms with Crippen LogP contribution in [0.5, 0.6) is 0 Å². The van der Waals surface area contributed by atoms with Gasteiger partial charge in [-0.3, -0.25) is 0 Å². The Balaban J connectivity index is 0.000000371. The van der Waals surface area contributed by atoms with E-state index < -0.39 is 0 Å². The van der Waals surface area contributed by atoms with Gasteiger partial charge in [-0.2, -0.15) is 0 Å². The number of hydrogen-bond acceptors (Lipinski definition) is 4. The summed E-state index contributed by atoms with van der Waals surface area (Å²) in [7, 11) is 1.00. The Hall–Kier alpha value is -0.160. The average molecular weight is 150 g/mol. The van der Waals surface area contributed by atoms with Crippen molar-refractivity contribution in [3.63, 3.8) is 0 Å². The molecule has 1 rings (SSSR count). The maximum absolute atomic E-state index is 8.49. The molecule has 1 heterocycles. The lowest BCUT2D eigenvalue weighted by Crippen LogP contribution is -2.31. The molecule has 0 aromatic carbocycles. The summed E-state index contributed by atoms with van der Waals surface area (Å²) in [5.74, 6) is 0. The van der Waals surface area contributed by atoms with E-state index in [9.17, 15) is 0 Å². The fraction of sp³-hybridized carbons (Fsp3) is 1.00. The number of hydrogen-bond donors (Lipinski definition) is 2. The van der Waals surface area contributed by atoms with E-state index in [0.29, 0.717) is 19.8 Å². The summed E-state index contributed by atoms with van der Waals surface area (Å²) in [6, 6.07) is 0. The van der Waals surface area contributed by atoms with Crippen molar-refractivity contribution >= 4 is 0 Å². The van der Waals surface area contributed by atoms with E-state index in [-0.39, 0.29) is 12.7 Å². The second-order valence-corrected chi connectivity index (χ2v) is 1.75. The summed E-state index contributed by atoms with van der Waals surface area (Å²) in [5.41, 5.74) is 0. The van der Waals surface area contributed by atoms with E-state index in [1.807, 2.05) is 0 Å². The van der Waals surface area contributed by atoms with Crippen molar-refractivity contribution in [2.24, 2.45) is 0 Å². The highest BCUT2D eigenvalue weighted by atomic mass is 16.6. The largest absolute Gasteiger partial charge is 0.400 e. The molecule has 1 aliphatic rings. The zero-order chi connectivity index (χ0) is 7.82. The molecule has 4 nitrogen and oxygen atoms in total. The van der Waals surface area contributed by atoms with E-state index in [2.05, 4.69) is 0 Å². The van der Waals surface area contributed by atoms with Gasteiger partial charge in [-0.15, -0.1) is 0 Å². The van der Waals surface area contributed by atoms with Crippen molar-refractivity contribution in [3.8, 4) is 0 Å². The third-order valence-corrected chi connectivity index (χ3v) is 1.09. The van der Waals surface area contributed by atoms with Crippen LogP contribution in [0, 0.1) is 0 Å². The highest BCUT2D eigenvalue weighted by Crippen LogP contribution is 1.97. The Labute approximate surface area is 60.4 Å². The summed E-state index contributed by atoms with van der Waals surface area (Å²) in [4.78, 5) is 0. The topological polar surface area (TPSA) is 58.9 Å². The van der Waals surface area contributed by atoms with Gasteiger partial charge in [0.2, 0.25) is 0 Å². The predicted octanol–water partition coefficient (Wildman–Crippen LogP) is -0.997. The lowest BCUT2D eigenvalue weighted by Gasteiger charge is -2.20. The molecule has 1 fully saturated rings. The molecule has 1 saturated heterocycles. The second-order valence-electron chi connectivity index (χ2n) is 1.75. The van der Waals surface area contributed by atoms with Crippen molar-refractivity contribution in [2.75, 3.05) is 33.5 Å². The standard InChI is InChI=1S/C5H10O3.CH4O/c6-3-5-4-7-1-2-8-5;1-2/h5-6H,1-4H2;2H,1H3. The Morgan fingerprint density at radius 1 is 1.40 bits per heavy atom. The summed E-state index contributed by atoms with van der Waals surface area (Å²) in [6.07, 6.45) is -0.0799. The molecule has 62 valence electrons. The Bertz CT molecular complexity index is 60.8. The monoisotopic (exact) mass is 150 g/mol. The molecule has 1 unspecified atom stereocenters. The molecule has 0 amide bonds. The molecule has 0 saturated carbocycles. The van der Waals surface area contributed by atoms with Crippen LogP contribution in [0.25, 0.3) is 0 Å². The van der Waals surface area contributed by atoms with E-state index in [4.69, 9.17) is 19.7 Å². The van der Waals surface area contributed by atoms with Gasteiger partial charge in [-0.05, 0) is 0 Å². The molecule has 1 atom stereocenters. The lowest BCUT2D eigenvalue weighted by atomic mass is 10.4. The van der Waals surface area contributed by atoms with Crippen LogP contribution < -0.4 is 0 Å². The molecule has 1 aliphatic heterocycles. The molecule has 2 N–H and O–H groups in total. The van der Waals surface area contributed by atoms with Crippen molar-refractivity contribution in [1.82, 2.24) is 0 Å². The van der Waals surface area contributed by atoms with Gasteiger partial charge < -0.3 is 19.7 Å². The predicted molar refractivity (Wildman–Crippen MR) is 35.8 cm³/mol. The van der Waals surface area contributed by atoms with Gasteiger partial charge in [0, 0.05) is 7.11 Å². The van der Waals surface area contributed by atoms with E-state index in [1.165, 1.54) is 0 Å². The number of aliphatic hydroxyl groups excluding tert-OH is 2. The summed E-state index contributed by atoms with van der Waals surface area (Å²) >= 11 is 0. The van der Waals surface area contributed by atoms with Crippen LogP contribution in [-0.4, -0.2) is 49.9 Å². The highest BCUT2D eigenvalue weighted by molar-refractivity contribution is 4.56. The van der Waals surface area contributed by atoms with Crippen LogP contribution in [0.15, 0.2) is 0 Å². The van der Waals surface area contributed by atoms with Crippen LogP contribution in [0.2, 0.25) is 0 Å². The maximum atomic E-state index is 8.49. The molecule has 0 spiro atoms. The first kappa shape index (κ1) is 9.84. The fourth-order valence-electron chi connectivity index (χ4n) is 0.642. The molecule has 0 aromatic heterocycles. The first-order valence-electron chi connectivity index (χ1n) is 3.18. The van der Waals surface area contributed by atoms with Gasteiger partial charge in [0.05, 0.1) is 26.4 Å². The summed E-state index contributed by atoms with van der Waals surface area (Å²) in [5, 5.41) is 15.5. The first-order valence-corrected chi connectivity index (χ1v) is 3.18.